The molecule has 124 valence electrons. The maximum absolute atomic E-state index is 13.5. The Bertz CT molecular complexity index is 874. The van der Waals surface area contributed by atoms with Gasteiger partial charge in [-0.15, -0.1) is 0 Å². The highest BCUT2D eigenvalue weighted by Crippen LogP contribution is 2.18. The van der Waals surface area contributed by atoms with Crippen LogP contribution in [0.2, 0.25) is 0 Å². The Morgan fingerprint density at radius 2 is 2.04 bits per heavy atom. The van der Waals surface area contributed by atoms with Crippen molar-refractivity contribution in [1.29, 1.82) is 0 Å². The average molecular weight is 333 g/mol. The molecule has 3 aromatic rings. The molecule has 7 nitrogen and oxygen atoms in total. The van der Waals surface area contributed by atoms with Crippen molar-refractivity contribution in [2.45, 2.75) is 6.73 Å². The van der Waals surface area contributed by atoms with Crippen molar-refractivity contribution in [3.63, 3.8) is 0 Å². The summed E-state index contributed by atoms with van der Waals surface area (Å²) in [7, 11) is 1.73. The monoisotopic (exact) mass is 333 g/mol. The predicted molar refractivity (Wildman–Crippen MR) is 80.4 cm³/mol. The zero-order valence-electron chi connectivity index (χ0n) is 12.6. The minimum Gasteiger partial charge on any atom is -0.468 e. The van der Waals surface area contributed by atoms with Gasteiger partial charge in [0.15, 0.2) is 29.8 Å². The third kappa shape index (κ3) is 3.57. The first kappa shape index (κ1) is 15.7. The van der Waals surface area contributed by atoms with Gasteiger partial charge < -0.3 is 10.1 Å². The number of halogens is 2. The molecule has 24 heavy (non-hydrogen) atoms. The van der Waals surface area contributed by atoms with Gasteiger partial charge in [-0.05, 0) is 18.2 Å². The number of rotatable bonds is 5. The molecule has 0 spiro atoms. The molecule has 1 N–H and O–H groups in total. The topological polar surface area (TPSA) is 74.0 Å². The fraction of sp³-hybridized carbons (Fsp3) is 0.133. The number of aromatic nitrogens is 4. The first-order valence-electron chi connectivity index (χ1n) is 6.93. The highest BCUT2D eigenvalue weighted by molar-refractivity contribution is 6.02. The number of nitrogens with one attached hydrogen (secondary N) is 1. The lowest BCUT2D eigenvalue weighted by Crippen LogP contribution is -2.15. The second-order valence-electron chi connectivity index (χ2n) is 4.92. The van der Waals surface area contributed by atoms with Crippen LogP contribution in [0.15, 0.2) is 42.7 Å². The molecule has 0 atom stereocenters. The zero-order chi connectivity index (χ0) is 17.1. The summed E-state index contributed by atoms with van der Waals surface area (Å²) in [6.45, 7) is -0.126. The average Bonchev–Trinajstić information content (AvgIpc) is 3.15. The Kier molecular flexibility index (Phi) is 4.23. The van der Waals surface area contributed by atoms with Crippen LogP contribution in [0.25, 0.3) is 0 Å². The van der Waals surface area contributed by atoms with Crippen LogP contribution >= 0.6 is 0 Å². The Balaban J connectivity index is 1.61. The van der Waals surface area contributed by atoms with Gasteiger partial charge in [-0.3, -0.25) is 9.48 Å². The molecule has 0 aliphatic carbocycles. The standard InChI is InChI=1S/C15H13F2N5O2/c1-21-6-5-14(20-21)18-15(23)12-4-7-22(19-12)9-24-13-3-2-10(16)8-11(13)17/h2-8H,9H2,1H3,(H,18,20,23). The van der Waals surface area contributed by atoms with E-state index >= 15 is 0 Å². The smallest absolute Gasteiger partial charge is 0.277 e. The summed E-state index contributed by atoms with van der Waals surface area (Å²) in [5, 5.41) is 10.6. The second kappa shape index (κ2) is 6.49. The van der Waals surface area contributed by atoms with E-state index in [2.05, 4.69) is 15.5 Å². The van der Waals surface area contributed by atoms with Crippen LogP contribution in [-0.2, 0) is 13.8 Å². The van der Waals surface area contributed by atoms with Crippen LogP contribution in [0.5, 0.6) is 5.75 Å². The number of hydrogen-bond acceptors (Lipinski definition) is 4. The SMILES string of the molecule is Cn1ccc(NC(=O)c2ccn(COc3ccc(F)cc3F)n2)n1. The maximum atomic E-state index is 13.5. The van der Waals surface area contributed by atoms with E-state index in [9.17, 15) is 13.6 Å². The van der Waals surface area contributed by atoms with E-state index in [1.54, 1.807) is 24.0 Å². The van der Waals surface area contributed by atoms with E-state index < -0.39 is 17.5 Å². The molecule has 2 aromatic heterocycles. The van der Waals surface area contributed by atoms with E-state index in [1.165, 1.54) is 23.0 Å². The molecule has 0 aliphatic heterocycles. The van der Waals surface area contributed by atoms with E-state index in [0.29, 0.717) is 5.82 Å². The van der Waals surface area contributed by atoms with Crippen molar-refractivity contribution < 1.29 is 18.3 Å². The number of amides is 1. The van der Waals surface area contributed by atoms with Crippen LogP contribution < -0.4 is 10.1 Å². The summed E-state index contributed by atoms with van der Waals surface area (Å²) in [6, 6.07) is 6.14. The van der Waals surface area contributed by atoms with Crippen LogP contribution in [0.1, 0.15) is 10.5 Å². The number of aryl methyl sites for hydroxylation is 1. The molecule has 2 heterocycles. The maximum Gasteiger partial charge on any atom is 0.277 e. The van der Waals surface area contributed by atoms with Crippen molar-refractivity contribution in [1.82, 2.24) is 19.6 Å². The lowest BCUT2D eigenvalue weighted by atomic mass is 10.3. The van der Waals surface area contributed by atoms with Crippen molar-refractivity contribution in [3.8, 4) is 5.75 Å². The lowest BCUT2D eigenvalue weighted by molar-refractivity contribution is 0.101. The number of benzene rings is 1. The highest BCUT2D eigenvalue weighted by atomic mass is 19.1. The van der Waals surface area contributed by atoms with Gasteiger partial charge >= 0.3 is 0 Å². The summed E-state index contributed by atoms with van der Waals surface area (Å²) in [6.07, 6.45) is 3.20. The van der Waals surface area contributed by atoms with Gasteiger partial charge in [0.1, 0.15) is 5.82 Å². The van der Waals surface area contributed by atoms with Crippen LogP contribution in [-0.4, -0.2) is 25.5 Å². The van der Waals surface area contributed by atoms with E-state index in [1.807, 2.05) is 0 Å². The van der Waals surface area contributed by atoms with Gasteiger partial charge in [0.25, 0.3) is 5.91 Å². The largest absolute Gasteiger partial charge is 0.468 e. The molecule has 0 saturated carbocycles. The van der Waals surface area contributed by atoms with Gasteiger partial charge in [-0.1, -0.05) is 0 Å². The Labute approximate surface area is 135 Å². The fourth-order valence-electron chi connectivity index (χ4n) is 1.94. The van der Waals surface area contributed by atoms with E-state index in [0.717, 1.165) is 12.1 Å². The second-order valence-corrected chi connectivity index (χ2v) is 4.92. The summed E-state index contributed by atoms with van der Waals surface area (Å²) in [4.78, 5) is 12.0. The number of hydrogen-bond donors (Lipinski definition) is 1. The first-order valence-corrected chi connectivity index (χ1v) is 6.93. The number of nitrogens with zero attached hydrogens (tertiary/aromatic N) is 4. The van der Waals surface area contributed by atoms with Gasteiger partial charge in [-0.25, -0.2) is 13.5 Å². The minimum absolute atomic E-state index is 0.105. The summed E-state index contributed by atoms with van der Waals surface area (Å²) in [5.74, 6) is -1.63. The number of carbonyl (C=O) groups excluding carboxylic acids is 1. The van der Waals surface area contributed by atoms with Gasteiger partial charge in [0, 0.05) is 31.6 Å². The number of anilines is 1. The molecule has 0 aliphatic rings. The zero-order valence-corrected chi connectivity index (χ0v) is 12.6. The van der Waals surface area contributed by atoms with Crippen molar-refractivity contribution in [2.24, 2.45) is 7.05 Å². The third-order valence-electron chi connectivity index (χ3n) is 3.07. The minimum atomic E-state index is -0.810. The van der Waals surface area contributed by atoms with E-state index in [4.69, 9.17) is 4.74 Å². The Hall–Kier alpha value is -3.23. The summed E-state index contributed by atoms with van der Waals surface area (Å²) >= 11 is 0. The molecule has 0 fully saturated rings. The molecule has 1 aromatic carbocycles. The molecule has 0 radical (unpaired) electrons. The van der Waals surface area contributed by atoms with Crippen LogP contribution in [0.3, 0.4) is 0 Å². The fourth-order valence-corrected chi connectivity index (χ4v) is 1.94. The molecule has 0 saturated heterocycles. The molecule has 0 bridgehead atoms. The van der Waals surface area contributed by atoms with Gasteiger partial charge in [0.05, 0.1) is 0 Å². The van der Waals surface area contributed by atoms with Crippen molar-refractivity contribution in [3.05, 3.63) is 60.1 Å². The quantitative estimate of drug-likeness (QED) is 0.777. The molecular formula is C15H13F2N5O2. The normalized spacial score (nSPS) is 10.6. The highest BCUT2D eigenvalue weighted by Gasteiger charge is 2.12. The third-order valence-corrected chi connectivity index (χ3v) is 3.07. The summed E-state index contributed by atoms with van der Waals surface area (Å²) < 4.78 is 34.4. The van der Waals surface area contributed by atoms with Crippen LogP contribution in [0, 0.1) is 11.6 Å². The van der Waals surface area contributed by atoms with Crippen LogP contribution in [0.4, 0.5) is 14.6 Å². The summed E-state index contributed by atoms with van der Waals surface area (Å²) in [5.41, 5.74) is 0.156. The van der Waals surface area contributed by atoms with E-state index in [-0.39, 0.29) is 18.2 Å². The first-order chi connectivity index (χ1) is 11.5. The lowest BCUT2D eigenvalue weighted by Gasteiger charge is -2.07. The molecule has 1 amide bonds. The molecule has 9 heteroatoms. The van der Waals surface area contributed by atoms with Crippen molar-refractivity contribution >= 4 is 11.7 Å². The Morgan fingerprint density at radius 1 is 1.21 bits per heavy atom. The van der Waals surface area contributed by atoms with Crippen molar-refractivity contribution in [2.75, 3.05) is 5.32 Å². The molecular weight excluding hydrogens is 320 g/mol. The number of carbonyl (C=O) groups is 1. The predicted octanol–water partition coefficient (Wildman–Crippen LogP) is 2.18. The number of ether oxygens (including phenoxy) is 1. The van der Waals surface area contributed by atoms with Gasteiger partial charge in [-0.2, -0.15) is 10.2 Å². The van der Waals surface area contributed by atoms with Gasteiger partial charge in [0.2, 0.25) is 0 Å². The Morgan fingerprint density at radius 3 is 2.75 bits per heavy atom. The molecule has 3 rings (SSSR count). The molecule has 0 unspecified atom stereocenters.